The summed E-state index contributed by atoms with van der Waals surface area (Å²) in [6.07, 6.45) is 1.48. The summed E-state index contributed by atoms with van der Waals surface area (Å²) in [5.74, 6) is -1.77. The second-order valence-electron chi connectivity index (χ2n) is 6.50. The number of hydrogen-bond donors (Lipinski definition) is 1. The van der Waals surface area contributed by atoms with Gasteiger partial charge < -0.3 is 14.7 Å². The van der Waals surface area contributed by atoms with Crippen molar-refractivity contribution in [1.82, 2.24) is 19.7 Å². The summed E-state index contributed by atoms with van der Waals surface area (Å²) in [6.45, 7) is -0.0278. The fraction of sp³-hybridized carbons (Fsp3) is 0.333. The van der Waals surface area contributed by atoms with E-state index in [0.717, 1.165) is 5.56 Å². The molecule has 0 saturated carbocycles. The van der Waals surface area contributed by atoms with Crippen molar-refractivity contribution in [1.29, 1.82) is 0 Å². The Hall–Kier alpha value is -3.40. The van der Waals surface area contributed by atoms with Crippen LogP contribution in [0.15, 0.2) is 36.5 Å². The number of esters is 1. The number of hydroxylamine groups is 2. The highest BCUT2D eigenvalue weighted by atomic mass is 16.7. The Balaban J connectivity index is 1.68. The second kappa shape index (κ2) is 6.97. The van der Waals surface area contributed by atoms with Gasteiger partial charge in [0, 0.05) is 5.56 Å². The zero-order valence-corrected chi connectivity index (χ0v) is 15.0. The Kier molecular flexibility index (Phi) is 4.47. The van der Waals surface area contributed by atoms with E-state index < -0.39 is 36.6 Å². The smallest absolute Gasteiger partial charge is 0.345 e. The Morgan fingerprint density at radius 3 is 2.71 bits per heavy atom. The van der Waals surface area contributed by atoms with Crippen LogP contribution in [0.5, 0.6) is 0 Å². The molecule has 1 aromatic carbocycles. The van der Waals surface area contributed by atoms with Crippen LogP contribution in [0.4, 0.5) is 4.79 Å². The molecule has 2 bridgehead atoms. The number of urea groups is 1. The molecule has 0 radical (unpaired) electrons. The first-order valence-electron chi connectivity index (χ1n) is 8.63. The van der Waals surface area contributed by atoms with E-state index in [1.54, 1.807) is 0 Å². The molecule has 4 rings (SSSR count). The van der Waals surface area contributed by atoms with Gasteiger partial charge in [-0.05, 0) is 5.56 Å². The minimum Gasteiger partial charge on any atom is -0.480 e. The van der Waals surface area contributed by atoms with Gasteiger partial charge in [-0.1, -0.05) is 30.3 Å². The molecule has 2 aliphatic heterocycles. The fourth-order valence-corrected chi connectivity index (χ4v) is 3.62. The fourth-order valence-electron chi connectivity index (χ4n) is 3.62. The van der Waals surface area contributed by atoms with E-state index in [2.05, 4.69) is 5.10 Å². The molecule has 10 heteroatoms. The average molecular weight is 386 g/mol. The van der Waals surface area contributed by atoms with Crippen LogP contribution in [-0.4, -0.2) is 56.5 Å². The molecule has 1 N–H and O–H groups in total. The maximum Gasteiger partial charge on any atom is 0.345 e. The standard InChI is InChI=1S/C18H18N4O6/c1-27-17(25)16-15-12(7-19-21(15)9-14(23)24)13-8-20(16)18(26)22(13)28-10-11-5-3-2-4-6-11/h2-7,13,16H,8-10H2,1H3,(H,23,24)/t13-,16?/m1/s1. The van der Waals surface area contributed by atoms with Crippen molar-refractivity contribution in [3.63, 3.8) is 0 Å². The molecule has 3 heterocycles. The molecule has 2 aromatic rings. The Morgan fingerprint density at radius 2 is 2.04 bits per heavy atom. The largest absolute Gasteiger partial charge is 0.480 e. The third-order valence-electron chi connectivity index (χ3n) is 4.85. The van der Waals surface area contributed by atoms with Gasteiger partial charge in [0.05, 0.1) is 25.5 Å². The number of rotatable bonds is 6. The summed E-state index contributed by atoms with van der Waals surface area (Å²) in [7, 11) is 1.22. The quantitative estimate of drug-likeness (QED) is 0.740. The van der Waals surface area contributed by atoms with E-state index in [0.29, 0.717) is 11.3 Å². The highest BCUT2D eigenvalue weighted by Crippen LogP contribution is 2.44. The molecule has 1 fully saturated rings. The zero-order chi connectivity index (χ0) is 19.8. The number of fused-ring (bicyclic) bond motifs is 4. The summed E-state index contributed by atoms with van der Waals surface area (Å²) < 4.78 is 6.07. The molecule has 1 unspecified atom stereocenters. The van der Waals surface area contributed by atoms with E-state index in [1.807, 2.05) is 30.3 Å². The van der Waals surface area contributed by atoms with Crippen LogP contribution in [0.2, 0.25) is 0 Å². The first-order chi connectivity index (χ1) is 13.5. The number of carbonyl (C=O) groups is 3. The molecule has 1 saturated heterocycles. The number of ether oxygens (including phenoxy) is 1. The molecule has 146 valence electrons. The second-order valence-corrected chi connectivity index (χ2v) is 6.50. The zero-order valence-electron chi connectivity index (χ0n) is 15.0. The van der Waals surface area contributed by atoms with Crippen LogP contribution >= 0.6 is 0 Å². The maximum atomic E-state index is 12.9. The third kappa shape index (κ3) is 2.87. The molecular weight excluding hydrogens is 368 g/mol. The first-order valence-corrected chi connectivity index (χ1v) is 8.63. The highest BCUT2D eigenvalue weighted by Gasteiger charge is 2.53. The number of methoxy groups -OCH3 is 1. The van der Waals surface area contributed by atoms with Crippen molar-refractivity contribution < 1.29 is 29.1 Å². The van der Waals surface area contributed by atoms with Gasteiger partial charge in [-0.25, -0.2) is 9.59 Å². The van der Waals surface area contributed by atoms with Crippen molar-refractivity contribution in [2.75, 3.05) is 13.7 Å². The summed E-state index contributed by atoms with van der Waals surface area (Å²) in [5.41, 5.74) is 1.80. The minimum absolute atomic E-state index is 0.179. The summed E-state index contributed by atoms with van der Waals surface area (Å²) in [5, 5.41) is 14.5. The number of aromatic nitrogens is 2. The van der Waals surface area contributed by atoms with E-state index in [4.69, 9.17) is 14.7 Å². The summed E-state index contributed by atoms with van der Waals surface area (Å²) in [6, 6.07) is 7.33. The van der Waals surface area contributed by atoms with Gasteiger partial charge in [0.15, 0.2) is 6.04 Å². The molecule has 2 aliphatic rings. The van der Waals surface area contributed by atoms with Crippen molar-refractivity contribution in [3.05, 3.63) is 53.3 Å². The maximum absolute atomic E-state index is 12.9. The average Bonchev–Trinajstić information content (AvgIpc) is 3.21. The van der Waals surface area contributed by atoms with Crippen molar-refractivity contribution >= 4 is 18.0 Å². The van der Waals surface area contributed by atoms with Gasteiger partial charge in [0.2, 0.25) is 0 Å². The van der Waals surface area contributed by atoms with E-state index in [1.165, 1.54) is 28.0 Å². The van der Waals surface area contributed by atoms with Crippen molar-refractivity contribution in [3.8, 4) is 0 Å². The van der Waals surface area contributed by atoms with Crippen molar-refractivity contribution in [2.45, 2.75) is 25.2 Å². The number of aliphatic carboxylic acids is 1. The SMILES string of the molecule is COC(=O)C1c2c(cnn2CC(=O)O)[C@H]2CN1C(=O)N2OCc1ccccc1. The van der Waals surface area contributed by atoms with Gasteiger partial charge in [-0.2, -0.15) is 10.2 Å². The lowest BCUT2D eigenvalue weighted by atomic mass is 9.98. The summed E-state index contributed by atoms with van der Waals surface area (Å²) in [4.78, 5) is 43.6. The number of benzene rings is 1. The number of nitrogens with zero attached hydrogens (tertiary/aromatic N) is 4. The predicted octanol–water partition coefficient (Wildman–Crippen LogP) is 1.11. The number of carbonyl (C=O) groups excluding carboxylic acids is 2. The molecule has 10 nitrogen and oxygen atoms in total. The molecule has 0 aliphatic carbocycles. The molecule has 1 aromatic heterocycles. The van der Waals surface area contributed by atoms with Crippen LogP contribution in [0.3, 0.4) is 0 Å². The minimum atomic E-state index is -1.11. The third-order valence-corrected chi connectivity index (χ3v) is 4.85. The highest BCUT2D eigenvalue weighted by molar-refractivity contribution is 5.87. The number of amides is 2. The van der Waals surface area contributed by atoms with Gasteiger partial charge in [-0.15, -0.1) is 0 Å². The summed E-state index contributed by atoms with van der Waals surface area (Å²) >= 11 is 0. The Morgan fingerprint density at radius 1 is 1.29 bits per heavy atom. The van der Waals surface area contributed by atoms with Gasteiger partial charge in [0.25, 0.3) is 0 Å². The van der Waals surface area contributed by atoms with Gasteiger partial charge >= 0.3 is 18.0 Å². The number of carboxylic acid groups (broad SMARTS) is 1. The molecule has 0 spiro atoms. The lowest BCUT2D eigenvalue weighted by Gasteiger charge is -2.29. The monoisotopic (exact) mass is 386 g/mol. The molecule has 28 heavy (non-hydrogen) atoms. The van der Waals surface area contributed by atoms with E-state index in [9.17, 15) is 14.4 Å². The molecule has 2 amide bonds. The number of hydrogen-bond acceptors (Lipinski definition) is 6. The Labute approximate surface area is 159 Å². The van der Waals surface area contributed by atoms with Crippen LogP contribution in [-0.2, 0) is 32.3 Å². The molecule has 2 atom stereocenters. The van der Waals surface area contributed by atoms with E-state index >= 15 is 0 Å². The first kappa shape index (κ1) is 18.0. The lowest BCUT2D eigenvalue weighted by Crippen LogP contribution is -2.40. The van der Waals surface area contributed by atoms with Crippen LogP contribution in [0.25, 0.3) is 0 Å². The number of carboxylic acids is 1. The van der Waals surface area contributed by atoms with Crippen LogP contribution in [0.1, 0.15) is 28.9 Å². The van der Waals surface area contributed by atoms with E-state index in [-0.39, 0.29) is 13.2 Å². The van der Waals surface area contributed by atoms with Crippen LogP contribution in [0, 0.1) is 0 Å². The van der Waals surface area contributed by atoms with Crippen molar-refractivity contribution in [2.24, 2.45) is 0 Å². The van der Waals surface area contributed by atoms with Gasteiger partial charge in [0.1, 0.15) is 19.2 Å². The predicted molar refractivity (Wildman–Crippen MR) is 92.5 cm³/mol. The topological polar surface area (TPSA) is 114 Å². The van der Waals surface area contributed by atoms with Crippen LogP contribution < -0.4 is 0 Å². The van der Waals surface area contributed by atoms with Gasteiger partial charge in [-0.3, -0.25) is 14.3 Å². The molecular formula is C18H18N4O6. The normalized spacial score (nSPS) is 20.2. The Bertz CT molecular complexity index is 927. The lowest BCUT2D eigenvalue weighted by molar-refractivity contribution is -0.147.